The SMILES string of the molecule is CCOC(CCN1CC(C)SC(C)C1)OCC. The van der Waals surface area contributed by atoms with Gasteiger partial charge in [0.05, 0.1) is 0 Å². The van der Waals surface area contributed by atoms with Gasteiger partial charge in [0.2, 0.25) is 0 Å². The van der Waals surface area contributed by atoms with Gasteiger partial charge in [-0.15, -0.1) is 0 Å². The van der Waals surface area contributed by atoms with Crippen LogP contribution in [0.25, 0.3) is 0 Å². The summed E-state index contributed by atoms with van der Waals surface area (Å²) in [5, 5.41) is 1.49. The van der Waals surface area contributed by atoms with E-state index >= 15 is 0 Å². The van der Waals surface area contributed by atoms with Crippen LogP contribution >= 0.6 is 11.8 Å². The maximum atomic E-state index is 5.57. The quantitative estimate of drug-likeness (QED) is 0.657. The molecule has 0 aromatic rings. The first-order chi connectivity index (χ1) is 8.15. The molecule has 0 bridgehead atoms. The molecule has 17 heavy (non-hydrogen) atoms. The minimum absolute atomic E-state index is 0.0230. The van der Waals surface area contributed by atoms with Crippen molar-refractivity contribution in [2.45, 2.75) is 50.9 Å². The van der Waals surface area contributed by atoms with Crippen LogP contribution in [0.15, 0.2) is 0 Å². The van der Waals surface area contributed by atoms with Gasteiger partial charge in [-0.25, -0.2) is 0 Å². The van der Waals surface area contributed by atoms with Crippen LogP contribution in [0.1, 0.15) is 34.1 Å². The fraction of sp³-hybridized carbons (Fsp3) is 1.00. The first kappa shape index (κ1) is 15.3. The second-order valence-electron chi connectivity index (χ2n) is 4.65. The van der Waals surface area contributed by atoms with E-state index in [0.717, 1.165) is 36.7 Å². The summed E-state index contributed by atoms with van der Waals surface area (Å²) in [6.07, 6.45) is 0.955. The lowest BCUT2D eigenvalue weighted by Crippen LogP contribution is -2.41. The predicted molar refractivity (Wildman–Crippen MR) is 74.6 cm³/mol. The first-order valence-electron chi connectivity index (χ1n) is 6.76. The minimum atomic E-state index is -0.0230. The molecule has 1 saturated heterocycles. The van der Waals surface area contributed by atoms with Gasteiger partial charge in [-0.2, -0.15) is 11.8 Å². The van der Waals surface area contributed by atoms with Crippen molar-refractivity contribution in [1.82, 2.24) is 4.90 Å². The van der Waals surface area contributed by atoms with Gasteiger partial charge in [0.1, 0.15) is 0 Å². The molecule has 0 aromatic heterocycles. The van der Waals surface area contributed by atoms with Crippen molar-refractivity contribution < 1.29 is 9.47 Å². The van der Waals surface area contributed by atoms with Crippen molar-refractivity contribution >= 4 is 11.8 Å². The van der Waals surface area contributed by atoms with Gasteiger partial charge >= 0.3 is 0 Å². The topological polar surface area (TPSA) is 21.7 Å². The molecule has 0 aromatic carbocycles. The van der Waals surface area contributed by atoms with Gasteiger partial charge in [0, 0.05) is 49.8 Å². The molecule has 2 unspecified atom stereocenters. The van der Waals surface area contributed by atoms with E-state index in [0.29, 0.717) is 0 Å². The molecule has 4 heteroatoms. The lowest BCUT2D eigenvalue weighted by Gasteiger charge is -2.35. The zero-order valence-corrected chi connectivity index (χ0v) is 12.5. The van der Waals surface area contributed by atoms with Gasteiger partial charge in [0.25, 0.3) is 0 Å². The van der Waals surface area contributed by atoms with E-state index in [1.54, 1.807) is 0 Å². The van der Waals surface area contributed by atoms with Crippen LogP contribution in [0.5, 0.6) is 0 Å². The van der Waals surface area contributed by atoms with Gasteiger partial charge in [-0.3, -0.25) is 0 Å². The molecule has 1 aliphatic heterocycles. The van der Waals surface area contributed by atoms with E-state index in [9.17, 15) is 0 Å². The maximum Gasteiger partial charge on any atom is 0.158 e. The Morgan fingerprint density at radius 3 is 2.12 bits per heavy atom. The lowest BCUT2D eigenvalue weighted by atomic mass is 10.3. The van der Waals surface area contributed by atoms with Gasteiger partial charge in [0.15, 0.2) is 6.29 Å². The van der Waals surface area contributed by atoms with Gasteiger partial charge in [-0.05, 0) is 13.8 Å². The summed E-state index contributed by atoms with van der Waals surface area (Å²) in [6.45, 7) is 13.6. The Bertz CT molecular complexity index is 188. The van der Waals surface area contributed by atoms with Crippen LogP contribution in [0.4, 0.5) is 0 Å². The summed E-state index contributed by atoms with van der Waals surface area (Å²) in [4.78, 5) is 2.54. The molecule has 0 N–H and O–H groups in total. The van der Waals surface area contributed by atoms with Crippen molar-refractivity contribution in [2.24, 2.45) is 0 Å². The van der Waals surface area contributed by atoms with Crippen molar-refractivity contribution in [2.75, 3.05) is 32.8 Å². The highest BCUT2D eigenvalue weighted by Gasteiger charge is 2.22. The maximum absolute atomic E-state index is 5.57. The summed E-state index contributed by atoms with van der Waals surface area (Å²) in [5.41, 5.74) is 0. The third-order valence-electron chi connectivity index (χ3n) is 2.88. The van der Waals surface area contributed by atoms with Gasteiger partial charge < -0.3 is 14.4 Å². The number of ether oxygens (including phenoxy) is 2. The van der Waals surface area contributed by atoms with E-state index < -0.39 is 0 Å². The average molecular weight is 261 g/mol. The van der Waals surface area contributed by atoms with Crippen molar-refractivity contribution in [3.8, 4) is 0 Å². The Morgan fingerprint density at radius 2 is 1.65 bits per heavy atom. The standard InChI is InChI=1S/C13H27NO2S/c1-5-15-13(16-6-2)7-8-14-9-11(3)17-12(4)10-14/h11-13H,5-10H2,1-4H3. The van der Waals surface area contributed by atoms with E-state index in [-0.39, 0.29) is 6.29 Å². The molecule has 102 valence electrons. The molecule has 0 aliphatic carbocycles. The second kappa shape index (κ2) is 8.35. The molecule has 0 saturated carbocycles. The molecular formula is C13H27NO2S. The molecule has 1 aliphatic rings. The predicted octanol–water partition coefficient (Wildman–Crippen LogP) is 2.60. The largest absolute Gasteiger partial charge is 0.353 e. The summed E-state index contributed by atoms with van der Waals surface area (Å²) in [5.74, 6) is 0. The molecule has 0 spiro atoms. The molecule has 1 fully saturated rings. The Hall–Kier alpha value is 0.230. The van der Waals surface area contributed by atoms with E-state index in [2.05, 4.69) is 30.5 Å². The zero-order chi connectivity index (χ0) is 12.7. The van der Waals surface area contributed by atoms with E-state index in [4.69, 9.17) is 9.47 Å². The zero-order valence-electron chi connectivity index (χ0n) is 11.6. The summed E-state index contributed by atoms with van der Waals surface area (Å²) in [7, 11) is 0. The number of rotatable bonds is 7. The Labute approximate surface area is 110 Å². The lowest BCUT2D eigenvalue weighted by molar-refractivity contribution is -0.141. The Morgan fingerprint density at radius 1 is 1.12 bits per heavy atom. The highest BCUT2D eigenvalue weighted by Crippen LogP contribution is 2.24. The molecule has 0 amide bonds. The molecule has 3 nitrogen and oxygen atoms in total. The average Bonchev–Trinajstić information content (AvgIpc) is 2.25. The van der Waals surface area contributed by atoms with Crippen LogP contribution in [0.2, 0.25) is 0 Å². The fourth-order valence-electron chi connectivity index (χ4n) is 2.34. The van der Waals surface area contributed by atoms with Crippen molar-refractivity contribution in [3.05, 3.63) is 0 Å². The molecule has 1 rings (SSSR count). The smallest absolute Gasteiger partial charge is 0.158 e. The molecule has 1 heterocycles. The van der Waals surface area contributed by atoms with Gasteiger partial charge in [-0.1, -0.05) is 13.8 Å². The van der Waals surface area contributed by atoms with Crippen LogP contribution in [0.3, 0.4) is 0 Å². The number of thioether (sulfide) groups is 1. The van der Waals surface area contributed by atoms with Crippen molar-refractivity contribution in [1.29, 1.82) is 0 Å². The highest BCUT2D eigenvalue weighted by atomic mass is 32.2. The number of hydrogen-bond donors (Lipinski definition) is 0. The number of hydrogen-bond acceptors (Lipinski definition) is 4. The summed E-state index contributed by atoms with van der Waals surface area (Å²) >= 11 is 2.10. The molecule has 2 atom stereocenters. The second-order valence-corrected chi connectivity index (χ2v) is 6.53. The number of nitrogens with zero attached hydrogens (tertiary/aromatic N) is 1. The fourth-order valence-corrected chi connectivity index (χ4v) is 3.73. The van der Waals surface area contributed by atoms with E-state index in [1.807, 2.05) is 13.8 Å². The Balaban J connectivity index is 2.27. The van der Waals surface area contributed by atoms with E-state index in [1.165, 1.54) is 13.1 Å². The monoisotopic (exact) mass is 261 g/mol. The summed E-state index contributed by atoms with van der Waals surface area (Å²) < 4.78 is 11.1. The van der Waals surface area contributed by atoms with Crippen LogP contribution < -0.4 is 0 Å². The summed E-state index contributed by atoms with van der Waals surface area (Å²) in [6, 6.07) is 0. The normalized spacial score (nSPS) is 26.6. The molecule has 0 radical (unpaired) electrons. The Kier molecular flexibility index (Phi) is 7.51. The molecular weight excluding hydrogens is 234 g/mol. The minimum Gasteiger partial charge on any atom is -0.353 e. The highest BCUT2D eigenvalue weighted by molar-refractivity contribution is 8.00. The third kappa shape index (κ3) is 6.09. The third-order valence-corrected chi connectivity index (χ3v) is 4.11. The van der Waals surface area contributed by atoms with Crippen molar-refractivity contribution in [3.63, 3.8) is 0 Å². The first-order valence-corrected chi connectivity index (χ1v) is 7.71. The van der Waals surface area contributed by atoms with Crippen LogP contribution in [-0.2, 0) is 9.47 Å². The van der Waals surface area contributed by atoms with Crippen LogP contribution in [-0.4, -0.2) is 54.5 Å². The van der Waals surface area contributed by atoms with Crippen LogP contribution in [0, 0.1) is 0 Å².